The van der Waals surface area contributed by atoms with Crippen LogP contribution < -0.4 is 11.7 Å². The molecule has 0 aromatic carbocycles. The molecule has 0 bridgehead atoms. The van der Waals surface area contributed by atoms with E-state index in [0.29, 0.717) is 0 Å². The summed E-state index contributed by atoms with van der Waals surface area (Å²) in [6, 6.07) is 0. The molecule has 0 aromatic heterocycles. The van der Waals surface area contributed by atoms with Gasteiger partial charge in [0.15, 0.2) is 0 Å². The van der Waals surface area contributed by atoms with Gasteiger partial charge in [0.25, 0.3) is 0 Å². The van der Waals surface area contributed by atoms with Gasteiger partial charge in [0.2, 0.25) is 0 Å². The van der Waals surface area contributed by atoms with Crippen LogP contribution in [0.1, 0.15) is 0 Å². The third kappa shape index (κ3) is 2.76. The number of nitrogens with two attached hydrogens (primary N) is 2. The average molecular weight is 84.1 g/mol. The van der Waals surface area contributed by atoms with Gasteiger partial charge >= 0.3 is 0 Å². The van der Waals surface area contributed by atoms with Crippen molar-refractivity contribution in [2.24, 2.45) is 21.9 Å². The molecule has 0 atom stereocenters. The Labute approximate surface area is 34.8 Å². The van der Waals surface area contributed by atoms with Gasteiger partial charge in [-0.05, 0) is 0 Å². The lowest BCUT2D eigenvalue weighted by Gasteiger charge is -1.52. The predicted octanol–water partition coefficient (Wildman–Crippen LogP) is -1.37. The molecule has 0 heterocycles. The van der Waals surface area contributed by atoms with Crippen LogP contribution in [-0.4, -0.2) is 11.7 Å². The first-order valence-electron chi connectivity index (χ1n) is 1.21. The SMILES string of the molecule is NN=C=C=NN. The lowest BCUT2D eigenvalue weighted by Crippen LogP contribution is -1.77. The zero-order valence-electron chi connectivity index (χ0n) is 3.05. The van der Waals surface area contributed by atoms with Crippen molar-refractivity contribution in [1.82, 2.24) is 0 Å². The van der Waals surface area contributed by atoms with E-state index in [1.165, 1.54) is 0 Å². The maximum Gasteiger partial charge on any atom is 0.0818 e. The van der Waals surface area contributed by atoms with Crippen LogP contribution in [0.5, 0.6) is 0 Å². The van der Waals surface area contributed by atoms with Crippen molar-refractivity contribution in [3.8, 4) is 0 Å². The predicted molar refractivity (Wildman–Crippen MR) is 23.2 cm³/mol. The molecule has 0 aliphatic heterocycles. The first-order valence-corrected chi connectivity index (χ1v) is 1.21. The Morgan fingerprint density at radius 2 is 1.33 bits per heavy atom. The smallest absolute Gasteiger partial charge is 0.0818 e. The third-order valence-electron chi connectivity index (χ3n) is 0.179. The van der Waals surface area contributed by atoms with E-state index in [1.807, 2.05) is 0 Å². The highest BCUT2D eigenvalue weighted by atomic mass is 15.1. The number of hydrazone groups is 2. The maximum atomic E-state index is 4.55. The molecule has 0 rings (SSSR count). The van der Waals surface area contributed by atoms with Crippen molar-refractivity contribution in [3.63, 3.8) is 0 Å². The van der Waals surface area contributed by atoms with E-state index in [-0.39, 0.29) is 0 Å². The van der Waals surface area contributed by atoms with E-state index in [1.54, 1.807) is 0 Å². The molecule has 0 aliphatic rings. The van der Waals surface area contributed by atoms with Gasteiger partial charge in [-0.2, -0.15) is 0 Å². The quantitative estimate of drug-likeness (QED) is 0.216. The summed E-state index contributed by atoms with van der Waals surface area (Å²) in [5, 5.41) is 5.78. The zero-order valence-corrected chi connectivity index (χ0v) is 3.05. The molecular weight excluding hydrogens is 80.1 g/mol. The van der Waals surface area contributed by atoms with Gasteiger partial charge in [0.05, 0.1) is 11.7 Å². The fourth-order valence-electron chi connectivity index (χ4n) is 0.0577. The van der Waals surface area contributed by atoms with Gasteiger partial charge in [0.1, 0.15) is 0 Å². The van der Waals surface area contributed by atoms with Crippen LogP contribution in [0.4, 0.5) is 0 Å². The standard InChI is InChI=1S/C2H4N4/c3-5-1-2-6-4/h3-4H2. The summed E-state index contributed by atoms with van der Waals surface area (Å²) in [5.41, 5.74) is 0. The van der Waals surface area contributed by atoms with Gasteiger partial charge in [0, 0.05) is 0 Å². The van der Waals surface area contributed by atoms with Crippen LogP contribution in [0.15, 0.2) is 10.2 Å². The van der Waals surface area contributed by atoms with Crippen LogP contribution >= 0.6 is 0 Å². The van der Waals surface area contributed by atoms with Crippen molar-refractivity contribution in [3.05, 3.63) is 0 Å². The second-order valence-electron chi connectivity index (χ2n) is 0.482. The lowest BCUT2D eigenvalue weighted by molar-refractivity contribution is 1.26. The van der Waals surface area contributed by atoms with Gasteiger partial charge in [-0.15, -0.1) is 10.2 Å². The topological polar surface area (TPSA) is 76.8 Å². The van der Waals surface area contributed by atoms with Crippen molar-refractivity contribution < 1.29 is 0 Å². The Kier molecular flexibility index (Phi) is 2.98. The summed E-state index contributed by atoms with van der Waals surface area (Å²) < 4.78 is 0. The Morgan fingerprint density at radius 1 is 1.00 bits per heavy atom. The summed E-state index contributed by atoms with van der Waals surface area (Å²) in [4.78, 5) is 0. The van der Waals surface area contributed by atoms with E-state index < -0.39 is 0 Å². The van der Waals surface area contributed by atoms with Crippen molar-refractivity contribution in [2.75, 3.05) is 0 Å². The molecule has 0 amide bonds. The summed E-state index contributed by atoms with van der Waals surface area (Å²) in [6.45, 7) is 0. The van der Waals surface area contributed by atoms with Crippen molar-refractivity contribution in [2.45, 2.75) is 0 Å². The highest BCUT2D eigenvalue weighted by Gasteiger charge is 1.36. The fourth-order valence-corrected chi connectivity index (χ4v) is 0.0577. The minimum Gasteiger partial charge on any atom is -0.314 e. The van der Waals surface area contributed by atoms with E-state index in [4.69, 9.17) is 0 Å². The van der Waals surface area contributed by atoms with E-state index in [2.05, 4.69) is 33.6 Å². The first kappa shape index (κ1) is 4.76. The van der Waals surface area contributed by atoms with Crippen LogP contribution in [0, 0.1) is 0 Å². The molecule has 32 valence electrons. The highest BCUT2D eigenvalue weighted by Crippen LogP contribution is 1.24. The molecule has 4 heteroatoms. The molecule has 4 N–H and O–H groups in total. The normalized spacial score (nSPS) is 4.67. The molecule has 4 nitrogen and oxygen atoms in total. The number of hydrogen-bond donors (Lipinski definition) is 2. The molecule has 0 spiro atoms. The second-order valence-corrected chi connectivity index (χ2v) is 0.482. The molecular formula is C2H4N4. The fraction of sp³-hybridized carbons (Fsp3) is 0. The molecule has 0 radical (unpaired) electrons. The van der Waals surface area contributed by atoms with E-state index in [9.17, 15) is 0 Å². The van der Waals surface area contributed by atoms with Gasteiger partial charge in [-0.3, -0.25) is 0 Å². The molecule has 0 saturated heterocycles. The number of hydrogen-bond acceptors (Lipinski definition) is 4. The van der Waals surface area contributed by atoms with E-state index in [0.717, 1.165) is 0 Å². The van der Waals surface area contributed by atoms with Crippen LogP contribution in [0.25, 0.3) is 0 Å². The summed E-state index contributed by atoms with van der Waals surface area (Å²) >= 11 is 0. The summed E-state index contributed by atoms with van der Waals surface area (Å²) in [5.74, 6) is 13.2. The Bertz CT molecular complexity index is 88.7. The van der Waals surface area contributed by atoms with Crippen LogP contribution in [-0.2, 0) is 0 Å². The number of rotatable bonds is 0. The van der Waals surface area contributed by atoms with E-state index >= 15 is 0 Å². The van der Waals surface area contributed by atoms with Crippen molar-refractivity contribution in [1.29, 1.82) is 0 Å². The monoisotopic (exact) mass is 84.0 g/mol. The molecule has 0 fully saturated rings. The largest absolute Gasteiger partial charge is 0.314 e. The number of nitrogens with zero attached hydrogens (tertiary/aromatic N) is 2. The summed E-state index contributed by atoms with van der Waals surface area (Å²) in [7, 11) is 0. The van der Waals surface area contributed by atoms with Gasteiger partial charge in [-0.25, -0.2) is 0 Å². The second kappa shape index (κ2) is 3.76. The molecule has 0 aromatic rings. The minimum atomic E-state index is 2.06. The minimum absolute atomic E-state index is 2.06. The molecule has 0 aliphatic carbocycles. The summed E-state index contributed by atoms with van der Waals surface area (Å²) in [6.07, 6.45) is 0. The Hall–Kier alpha value is -1.24. The zero-order chi connectivity index (χ0) is 4.83. The highest BCUT2D eigenvalue weighted by molar-refractivity contribution is 5.87. The van der Waals surface area contributed by atoms with Crippen LogP contribution in [0.3, 0.4) is 0 Å². The van der Waals surface area contributed by atoms with Gasteiger partial charge < -0.3 is 11.7 Å². The third-order valence-corrected chi connectivity index (χ3v) is 0.179. The molecule has 0 saturated carbocycles. The maximum absolute atomic E-state index is 4.55. The average Bonchev–Trinajstić information content (AvgIpc) is 1.61. The van der Waals surface area contributed by atoms with Crippen molar-refractivity contribution >= 4 is 11.7 Å². The van der Waals surface area contributed by atoms with Gasteiger partial charge in [-0.1, -0.05) is 0 Å². The first-order chi connectivity index (χ1) is 2.91. The lowest BCUT2D eigenvalue weighted by atomic mass is 11.1. The molecule has 0 unspecified atom stereocenters. The molecule has 6 heavy (non-hydrogen) atoms. The Morgan fingerprint density at radius 3 is 1.50 bits per heavy atom. The Balaban J connectivity index is 3.79. The van der Waals surface area contributed by atoms with Crippen LogP contribution in [0.2, 0.25) is 0 Å².